The first kappa shape index (κ1) is 14.9. The fourth-order valence-corrected chi connectivity index (χ4v) is 1.47. The van der Waals surface area contributed by atoms with Gasteiger partial charge in [0.25, 0.3) is 0 Å². The molecule has 3 nitrogen and oxygen atoms in total. The Morgan fingerprint density at radius 1 is 1.31 bits per heavy atom. The molecule has 0 N–H and O–H groups in total. The van der Waals surface area contributed by atoms with E-state index in [0.29, 0.717) is 25.0 Å². The summed E-state index contributed by atoms with van der Waals surface area (Å²) >= 11 is 0. The zero-order valence-electron chi connectivity index (χ0n) is 10.5. The molecule has 0 spiro atoms. The molecule has 0 aromatic heterocycles. The number of Topliss-reactive ketones (excluding diaryl/α,β-unsaturated/α-hetero) is 1. The second kappa shape index (κ2) is 8.08. The van der Waals surface area contributed by atoms with E-state index < -0.39 is 0 Å². The van der Waals surface area contributed by atoms with Crippen molar-refractivity contribution in [2.45, 2.75) is 46.5 Å². The van der Waals surface area contributed by atoms with Gasteiger partial charge in [-0.1, -0.05) is 20.4 Å². The van der Waals surface area contributed by atoms with Crippen molar-refractivity contribution in [2.75, 3.05) is 6.61 Å². The number of carbonyl (C=O) groups is 2. The van der Waals surface area contributed by atoms with Gasteiger partial charge in [0.15, 0.2) is 0 Å². The summed E-state index contributed by atoms with van der Waals surface area (Å²) in [6, 6.07) is 0. The highest BCUT2D eigenvalue weighted by Crippen LogP contribution is 2.14. The Kier molecular flexibility index (Phi) is 7.52. The van der Waals surface area contributed by atoms with Crippen molar-refractivity contribution in [3.63, 3.8) is 0 Å². The first-order valence-corrected chi connectivity index (χ1v) is 5.90. The van der Waals surface area contributed by atoms with Crippen molar-refractivity contribution in [2.24, 2.45) is 5.92 Å². The summed E-state index contributed by atoms with van der Waals surface area (Å²) in [5.74, 6) is 0.0405. The lowest BCUT2D eigenvalue weighted by molar-refractivity contribution is -0.138. The van der Waals surface area contributed by atoms with Gasteiger partial charge in [-0.05, 0) is 26.2 Å². The standard InChI is InChI=1S/C13H22O3/c1-5-12(14)10(3)8-7-9-11(4)13(15)16-6-2/h10H,4-9H2,1-3H3. The van der Waals surface area contributed by atoms with Gasteiger partial charge in [0.1, 0.15) is 5.78 Å². The van der Waals surface area contributed by atoms with Crippen molar-refractivity contribution >= 4 is 11.8 Å². The SMILES string of the molecule is C=C(CCCC(C)C(=O)CC)C(=O)OCC. The quantitative estimate of drug-likeness (QED) is 0.472. The maximum absolute atomic E-state index is 11.3. The zero-order chi connectivity index (χ0) is 12.6. The van der Waals surface area contributed by atoms with Crippen LogP contribution < -0.4 is 0 Å². The van der Waals surface area contributed by atoms with E-state index in [1.54, 1.807) is 6.92 Å². The Labute approximate surface area is 97.9 Å². The minimum Gasteiger partial charge on any atom is -0.463 e. The van der Waals surface area contributed by atoms with Crippen LogP contribution in [0, 0.1) is 5.92 Å². The number of rotatable bonds is 8. The molecule has 0 aliphatic carbocycles. The summed E-state index contributed by atoms with van der Waals surface area (Å²) in [6.07, 6.45) is 2.82. The van der Waals surface area contributed by atoms with Crippen LogP contribution in [0.25, 0.3) is 0 Å². The van der Waals surface area contributed by atoms with E-state index in [0.717, 1.165) is 12.8 Å². The molecule has 0 fully saturated rings. The summed E-state index contributed by atoms with van der Waals surface area (Å²) in [4.78, 5) is 22.5. The van der Waals surface area contributed by atoms with Crippen LogP contribution in [0.4, 0.5) is 0 Å². The van der Waals surface area contributed by atoms with Crippen LogP contribution in [0.15, 0.2) is 12.2 Å². The van der Waals surface area contributed by atoms with E-state index in [-0.39, 0.29) is 17.7 Å². The molecule has 3 heteroatoms. The highest BCUT2D eigenvalue weighted by molar-refractivity contribution is 5.87. The Morgan fingerprint density at radius 2 is 1.94 bits per heavy atom. The summed E-state index contributed by atoms with van der Waals surface area (Å²) in [5, 5.41) is 0. The van der Waals surface area contributed by atoms with Crippen LogP contribution in [0.2, 0.25) is 0 Å². The van der Waals surface area contributed by atoms with Gasteiger partial charge in [-0.2, -0.15) is 0 Å². The molecule has 0 aliphatic heterocycles. The molecule has 0 saturated heterocycles. The molecular weight excluding hydrogens is 204 g/mol. The highest BCUT2D eigenvalue weighted by atomic mass is 16.5. The van der Waals surface area contributed by atoms with Crippen molar-refractivity contribution in [3.8, 4) is 0 Å². The Balaban J connectivity index is 3.77. The van der Waals surface area contributed by atoms with Gasteiger partial charge in [-0.25, -0.2) is 4.79 Å². The number of hydrogen-bond donors (Lipinski definition) is 0. The average Bonchev–Trinajstić information content (AvgIpc) is 2.27. The molecule has 0 heterocycles. The molecular formula is C13H22O3. The number of esters is 1. The van der Waals surface area contributed by atoms with Crippen molar-refractivity contribution in [3.05, 3.63) is 12.2 Å². The maximum atomic E-state index is 11.3. The molecule has 16 heavy (non-hydrogen) atoms. The number of ketones is 1. The first-order chi connectivity index (χ1) is 7.52. The van der Waals surface area contributed by atoms with Gasteiger partial charge in [-0.3, -0.25) is 4.79 Å². The monoisotopic (exact) mass is 226 g/mol. The second-order valence-corrected chi connectivity index (χ2v) is 3.94. The van der Waals surface area contributed by atoms with Crippen LogP contribution in [0.5, 0.6) is 0 Å². The van der Waals surface area contributed by atoms with Crippen LogP contribution in [0.3, 0.4) is 0 Å². The summed E-state index contributed by atoms with van der Waals surface area (Å²) < 4.78 is 4.82. The molecule has 0 bridgehead atoms. The highest BCUT2D eigenvalue weighted by Gasteiger charge is 2.12. The second-order valence-electron chi connectivity index (χ2n) is 3.94. The molecule has 1 unspecified atom stereocenters. The molecule has 92 valence electrons. The van der Waals surface area contributed by atoms with Gasteiger partial charge < -0.3 is 4.74 Å². The van der Waals surface area contributed by atoms with Crippen molar-refractivity contribution < 1.29 is 14.3 Å². The molecule has 0 rings (SSSR count). The molecule has 0 aliphatic rings. The fourth-order valence-electron chi connectivity index (χ4n) is 1.47. The van der Waals surface area contributed by atoms with Gasteiger partial charge in [0.2, 0.25) is 0 Å². The maximum Gasteiger partial charge on any atom is 0.333 e. The minimum atomic E-state index is -0.322. The van der Waals surface area contributed by atoms with E-state index in [4.69, 9.17) is 4.74 Å². The number of ether oxygens (including phenoxy) is 1. The number of hydrogen-bond acceptors (Lipinski definition) is 3. The third-order valence-electron chi connectivity index (χ3n) is 2.58. The molecule has 0 aromatic carbocycles. The number of carbonyl (C=O) groups excluding carboxylic acids is 2. The lowest BCUT2D eigenvalue weighted by Gasteiger charge is -2.09. The smallest absolute Gasteiger partial charge is 0.333 e. The average molecular weight is 226 g/mol. The molecule has 0 aromatic rings. The Hall–Kier alpha value is -1.12. The van der Waals surface area contributed by atoms with Crippen molar-refractivity contribution in [1.29, 1.82) is 0 Å². The van der Waals surface area contributed by atoms with Crippen molar-refractivity contribution in [1.82, 2.24) is 0 Å². The molecule has 0 saturated carbocycles. The summed E-state index contributed by atoms with van der Waals surface area (Å²) in [7, 11) is 0. The largest absolute Gasteiger partial charge is 0.463 e. The lowest BCUT2D eigenvalue weighted by Crippen LogP contribution is -2.10. The van der Waals surface area contributed by atoms with E-state index in [1.807, 2.05) is 13.8 Å². The summed E-state index contributed by atoms with van der Waals surface area (Å²) in [6.45, 7) is 9.63. The normalized spacial score (nSPS) is 11.9. The van der Waals surface area contributed by atoms with Crippen LogP contribution >= 0.6 is 0 Å². The van der Waals surface area contributed by atoms with E-state index in [9.17, 15) is 9.59 Å². The van der Waals surface area contributed by atoms with Crippen LogP contribution in [-0.4, -0.2) is 18.4 Å². The fraction of sp³-hybridized carbons (Fsp3) is 0.692. The zero-order valence-corrected chi connectivity index (χ0v) is 10.5. The Morgan fingerprint density at radius 3 is 2.44 bits per heavy atom. The molecule has 1 atom stereocenters. The minimum absolute atomic E-state index is 0.0833. The van der Waals surface area contributed by atoms with Gasteiger partial charge >= 0.3 is 5.97 Å². The predicted octanol–water partition coefficient (Wildman–Crippen LogP) is 2.89. The van der Waals surface area contributed by atoms with Crippen LogP contribution in [-0.2, 0) is 14.3 Å². The third-order valence-corrected chi connectivity index (χ3v) is 2.58. The first-order valence-electron chi connectivity index (χ1n) is 5.90. The van der Waals surface area contributed by atoms with E-state index in [2.05, 4.69) is 6.58 Å². The topological polar surface area (TPSA) is 43.4 Å². The predicted molar refractivity (Wildman–Crippen MR) is 64.1 cm³/mol. The lowest BCUT2D eigenvalue weighted by atomic mass is 9.96. The Bertz CT molecular complexity index is 256. The van der Waals surface area contributed by atoms with Crippen LogP contribution in [0.1, 0.15) is 46.5 Å². The van der Waals surface area contributed by atoms with Gasteiger partial charge in [-0.15, -0.1) is 0 Å². The van der Waals surface area contributed by atoms with E-state index >= 15 is 0 Å². The molecule has 0 amide bonds. The van der Waals surface area contributed by atoms with Gasteiger partial charge in [0.05, 0.1) is 6.61 Å². The molecule has 0 radical (unpaired) electrons. The van der Waals surface area contributed by atoms with E-state index in [1.165, 1.54) is 0 Å². The van der Waals surface area contributed by atoms with Gasteiger partial charge in [0, 0.05) is 17.9 Å². The summed E-state index contributed by atoms with van der Waals surface area (Å²) in [5.41, 5.74) is 0.498. The third kappa shape index (κ3) is 5.69.